The van der Waals surface area contributed by atoms with Gasteiger partial charge in [0.05, 0.1) is 17.1 Å². The van der Waals surface area contributed by atoms with E-state index in [9.17, 15) is 26.4 Å². The lowest BCUT2D eigenvalue weighted by molar-refractivity contribution is -0.138. The van der Waals surface area contributed by atoms with Crippen LogP contribution in [0.15, 0.2) is 47.4 Å². The van der Waals surface area contributed by atoms with Gasteiger partial charge in [0.15, 0.2) is 0 Å². The molecule has 0 saturated carbocycles. The summed E-state index contributed by atoms with van der Waals surface area (Å²) in [4.78, 5) is 12.2. The molecule has 2 aromatic rings. The Bertz CT molecular complexity index is 942. The highest BCUT2D eigenvalue weighted by Crippen LogP contribution is 2.33. The number of rotatable bonds is 7. The molecule has 0 aliphatic heterocycles. The van der Waals surface area contributed by atoms with Crippen molar-refractivity contribution < 1.29 is 31.1 Å². The molecule has 152 valence electrons. The molecular formula is C18H19F3N2O4S. The molecule has 1 amide bonds. The Balaban J connectivity index is 2.14. The number of carbonyl (C=O) groups excluding carboxylic acids is 1. The molecule has 0 atom stereocenters. The number of halogens is 3. The summed E-state index contributed by atoms with van der Waals surface area (Å²) in [6, 6.07) is 8.51. The van der Waals surface area contributed by atoms with Crippen LogP contribution in [-0.4, -0.2) is 34.6 Å². The number of amides is 1. The second kappa shape index (κ2) is 8.72. The molecule has 2 aromatic carbocycles. The Hall–Kier alpha value is -2.43. The van der Waals surface area contributed by atoms with Gasteiger partial charge >= 0.3 is 6.18 Å². The summed E-state index contributed by atoms with van der Waals surface area (Å²) in [5.41, 5.74) is -0.708. The highest BCUT2D eigenvalue weighted by atomic mass is 32.2. The standard InChI is InChI=1S/C18H19F3N2O4S/c1-12-3-6-14(11-16(12)18(19,20)21)23-17(24)13-4-7-15(8-5-13)28(25,26)22-9-10-27-2/h3-8,11,22H,9-10H2,1-2H3,(H,23,24). The average molecular weight is 416 g/mol. The van der Waals surface area contributed by atoms with Crippen LogP contribution < -0.4 is 10.0 Å². The Morgan fingerprint density at radius 2 is 1.75 bits per heavy atom. The molecule has 0 spiro atoms. The highest BCUT2D eigenvalue weighted by Gasteiger charge is 2.32. The van der Waals surface area contributed by atoms with Crippen LogP contribution in [-0.2, 0) is 20.9 Å². The van der Waals surface area contributed by atoms with Gasteiger partial charge in [0, 0.05) is 24.9 Å². The van der Waals surface area contributed by atoms with Crippen molar-refractivity contribution >= 4 is 21.6 Å². The highest BCUT2D eigenvalue weighted by molar-refractivity contribution is 7.89. The van der Waals surface area contributed by atoms with Crippen LogP contribution in [0.1, 0.15) is 21.5 Å². The summed E-state index contributed by atoms with van der Waals surface area (Å²) in [6.07, 6.45) is -4.53. The van der Waals surface area contributed by atoms with Crippen LogP contribution >= 0.6 is 0 Å². The van der Waals surface area contributed by atoms with Crippen molar-refractivity contribution in [2.45, 2.75) is 18.0 Å². The van der Waals surface area contributed by atoms with E-state index in [0.29, 0.717) is 0 Å². The summed E-state index contributed by atoms with van der Waals surface area (Å²) in [5.74, 6) is -0.659. The van der Waals surface area contributed by atoms with Crippen LogP contribution in [0.3, 0.4) is 0 Å². The molecule has 0 aromatic heterocycles. The summed E-state index contributed by atoms with van der Waals surface area (Å²) in [7, 11) is -2.31. The Morgan fingerprint density at radius 3 is 2.32 bits per heavy atom. The van der Waals surface area contributed by atoms with Gasteiger partial charge in [-0.1, -0.05) is 6.07 Å². The Labute approximate surface area is 160 Å². The lowest BCUT2D eigenvalue weighted by Crippen LogP contribution is -2.27. The zero-order valence-electron chi connectivity index (χ0n) is 15.1. The van der Waals surface area contributed by atoms with Gasteiger partial charge in [-0.2, -0.15) is 13.2 Å². The van der Waals surface area contributed by atoms with Gasteiger partial charge in [0.25, 0.3) is 5.91 Å². The van der Waals surface area contributed by atoms with Gasteiger partial charge < -0.3 is 10.1 Å². The Kier molecular flexibility index (Phi) is 6.81. The van der Waals surface area contributed by atoms with E-state index in [-0.39, 0.29) is 34.9 Å². The number of benzene rings is 2. The van der Waals surface area contributed by atoms with Crippen LogP contribution in [0.25, 0.3) is 0 Å². The fourth-order valence-corrected chi connectivity index (χ4v) is 3.37. The van der Waals surface area contributed by atoms with E-state index in [4.69, 9.17) is 4.74 Å². The molecule has 0 saturated heterocycles. The number of methoxy groups -OCH3 is 1. The third kappa shape index (κ3) is 5.54. The van der Waals surface area contributed by atoms with Gasteiger partial charge in [-0.15, -0.1) is 0 Å². The number of aryl methyl sites for hydroxylation is 1. The fourth-order valence-electron chi connectivity index (χ4n) is 2.36. The molecule has 28 heavy (non-hydrogen) atoms. The van der Waals surface area contributed by atoms with E-state index in [1.165, 1.54) is 50.4 Å². The number of anilines is 1. The van der Waals surface area contributed by atoms with Gasteiger partial charge in [-0.05, 0) is 48.9 Å². The summed E-state index contributed by atoms with van der Waals surface area (Å²) in [5, 5.41) is 2.38. The zero-order chi connectivity index (χ0) is 20.9. The van der Waals surface area contributed by atoms with Crippen LogP contribution in [0, 0.1) is 6.92 Å². The average Bonchev–Trinajstić information content (AvgIpc) is 2.62. The van der Waals surface area contributed by atoms with Crippen molar-refractivity contribution in [3.8, 4) is 0 Å². The minimum absolute atomic E-state index is 0.0131. The maximum atomic E-state index is 13.0. The molecule has 6 nitrogen and oxygen atoms in total. The fraction of sp³-hybridized carbons (Fsp3) is 0.278. The maximum absolute atomic E-state index is 13.0. The first-order valence-corrected chi connectivity index (χ1v) is 9.61. The quantitative estimate of drug-likeness (QED) is 0.679. The minimum Gasteiger partial charge on any atom is -0.383 e. The molecule has 2 N–H and O–H groups in total. The van der Waals surface area contributed by atoms with Crippen molar-refractivity contribution in [2.24, 2.45) is 0 Å². The lowest BCUT2D eigenvalue weighted by Gasteiger charge is -2.13. The minimum atomic E-state index is -4.53. The molecule has 0 radical (unpaired) electrons. The van der Waals surface area contributed by atoms with E-state index in [1.807, 2.05) is 0 Å². The third-order valence-electron chi connectivity index (χ3n) is 3.83. The van der Waals surface area contributed by atoms with Gasteiger partial charge in [-0.3, -0.25) is 4.79 Å². The smallest absolute Gasteiger partial charge is 0.383 e. The van der Waals surface area contributed by atoms with Crippen molar-refractivity contribution in [3.05, 3.63) is 59.2 Å². The molecule has 0 heterocycles. The number of ether oxygens (including phenoxy) is 1. The number of nitrogens with one attached hydrogen (secondary N) is 2. The topological polar surface area (TPSA) is 84.5 Å². The second-order valence-corrected chi connectivity index (χ2v) is 7.66. The number of sulfonamides is 1. The number of hydrogen-bond donors (Lipinski definition) is 2. The molecule has 2 rings (SSSR count). The first-order valence-electron chi connectivity index (χ1n) is 8.12. The van der Waals surface area contributed by atoms with Crippen LogP contribution in [0.2, 0.25) is 0 Å². The van der Waals surface area contributed by atoms with Gasteiger partial charge in [0.1, 0.15) is 0 Å². The first kappa shape index (κ1) is 21.9. The van der Waals surface area contributed by atoms with E-state index < -0.39 is 27.7 Å². The van der Waals surface area contributed by atoms with Crippen molar-refractivity contribution in [2.75, 3.05) is 25.6 Å². The SMILES string of the molecule is COCCNS(=O)(=O)c1ccc(C(=O)Nc2ccc(C)c(C(F)(F)F)c2)cc1. The summed E-state index contributed by atoms with van der Waals surface area (Å²) in [6.45, 7) is 1.63. The molecule has 10 heteroatoms. The largest absolute Gasteiger partial charge is 0.416 e. The molecule has 0 aliphatic rings. The van der Waals surface area contributed by atoms with Crippen molar-refractivity contribution in [1.82, 2.24) is 4.72 Å². The normalized spacial score (nSPS) is 12.0. The maximum Gasteiger partial charge on any atom is 0.416 e. The van der Waals surface area contributed by atoms with Gasteiger partial charge in [0.2, 0.25) is 10.0 Å². The lowest BCUT2D eigenvalue weighted by atomic mass is 10.1. The van der Waals surface area contributed by atoms with Gasteiger partial charge in [-0.25, -0.2) is 13.1 Å². The zero-order valence-corrected chi connectivity index (χ0v) is 15.9. The second-order valence-electron chi connectivity index (χ2n) is 5.90. The van der Waals surface area contributed by atoms with Crippen LogP contribution in [0.5, 0.6) is 0 Å². The van der Waals surface area contributed by atoms with E-state index in [2.05, 4.69) is 10.0 Å². The molecule has 0 aliphatic carbocycles. The molecule has 0 bridgehead atoms. The number of alkyl halides is 3. The number of hydrogen-bond acceptors (Lipinski definition) is 4. The van der Waals surface area contributed by atoms with E-state index >= 15 is 0 Å². The molecular weight excluding hydrogens is 397 g/mol. The summed E-state index contributed by atoms with van der Waals surface area (Å²) < 4.78 is 70.2. The van der Waals surface area contributed by atoms with Crippen LogP contribution in [0.4, 0.5) is 18.9 Å². The first-order chi connectivity index (χ1) is 13.0. The summed E-state index contributed by atoms with van der Waals surface area (Å²) >= 11 is 0. The molecule has 0 unspecified atom stereocenters. The predicted octanol–water partition coefficient (Wildman–Crippen LogP) is 3.19. The van der Waals surface area contributed by atoms with Crippen molar-refractivity contribution in [1.29, 1.82) is 0 Å². The van der Waals surface area contributed by atoms with E-state index in [0.717, 1.165) is 6.07 Å². The molecule has 0 fully saturated rings. The number of carbonyl (C=O) groups is 1. The Morgan fingerprint density at radius 1 is 1.11 bits per heavy atom. The predicted molar refractivity (Wildman–Crippen MR) is 97.6 cm³/mol. The van der Waals surface area contributed by atoms with E-state index in [1.54, 1.807) is 0 Å². The third-order valence-corrected chi connectivity index (χ3v) is 5.30. The monoisotopic (exact) mass is 416 g/mol. The van der Waals surface area contributed by atoms with Crippen molar-refractivity contribution in [3.63, 3.8) is 0 Å².